The maximum absolute atomic E-state index is 5.79. The number of benzene rings is 1. The number of hydrogen-bond acceptors (Lipinski definition) is 4. The first-order valence-electron chi connectivity index (χ1n) is 6.26. The van der Waals surface area contributed by atoms with Gasteiger partial charge in [-0.1, -0.05) is 23.4 Å². The van der Waals surface area contributed by atoms with Crippen LogP contribution in [0.5, 0.6) is 0 Å². The van der Waals surface area contributed by atoms with E-state index in [1.54, 1.807) is 0 Å². The van der Waals surface area contributed by atoms with Crippen molar-refractivity contribution in [3.8, 4) is 0 Å². The molecule has 0 spiro atoms. The third-order valence-electron chi connectivity index (χ3n) is 2.85. The van der Waals surface area contributed by atoms with E-state index in [-0.39, 0.29) is 0 Å². The minimum absolute atomic E-state index is 0.321. The molecule has 0 saturated heterocycles. The predicted molar refractivity (Wildman–Crippen MR) is 71.7 cm³/mol. The minimum Gasteiger partial charge on any atom is -0.370 e. The van der Waals surface area contributed by atoms with E-state index in [4.69, 9.17) is 10.3 Å². The molecule has 1 aromatic carbocycles. The summed E-state index contributed by atoms with van der Waals surface area (Å²) in [6.45, 7) is 0.321. The third-order valence-corrected chi connectivity index (χ3v) is 2.85. The highest BCUT2D eigenvalue weighted by atomic mass is 16.5. The van der Waals surface area contributed by atoms with Crippen LogP contribution in [0.15, 0.2) is 39.8 Å². The lowest BCUT2D eigenvalue weighted by Crippen LogP contribution is -2.22. The van der Waals surface area contributed by atoms with E-state index in [2.05, 4.69) is 20.4 Å². The number of anilines is 1. The molecular weight excluding hydrogens is 242 g/mol. The molecule has 1 aliphatic carbocycles. The maximum Gasteiger partial charge on any atom is 0.229 e. The van der Waals surface area contributed by atoms with Crippen LogP contribution in [0.1, 0.15) is 30.5 Å². The van der Waals surface area contributed by atoms with Crippen LogP contribution in [0.3, 0.4) is 0 Å². The summed E-state index contributed by atoms with van der Waals surface area (Å²) in [6.07, 6.45) is 2.28. The molecule has 0 atom stereocenters. The fraction of sp³-hybridized carbons (Fsp3) is 0.308. The van der Waals surface area contributed by atoms with Crippen molar-refractivity contribution < 1.29 is 4.52 Å². The Bertz CT molecular complexity index is 574. The molecule has 1 fully saturated rings. The Kier molecular flexibility index (Phi) is 3.14. The minimum atomic E-state index is 0.321. The van der Waals surface area contributed by atoms with Crippen molar-refractivity contribution in [3.05, 3.63) is 42.0 Å². The fourth-order valence-electron chi connectivity index (χ4n) is 1.69. The van der Waals surface area contributed by atoms with Gasteiger partial charge in [0.05, 0.1) is 0 Å². The topological polar surface area (TPSA) is 89.3 Å². The van der Waals surface area contributed by atoms with Crippen molar-refractivity contribution in [3.63, 3.8) is 0 Å². The van der Waals surface area contributed by atoms with E-state index in [1.807, 2.05) is 30.3 Å². The molecule has 1 saturated carbocycles. The first-order valence-corrected chi connectivity index (χ1v) is 6.26. The van der Waals surface area contributed by atoms with Crippen LogP contribution in [0.25, 0.3) is 0 Å². The van der Waals surface area contributed by atoms with E-state index in [0.717, 1.165) is 24.4 Å². The lowest BCUT2D eigenvalue weighted by atomic mass is 10.3. The van der Waals surface area contributed by atoms with Gasteiger partial charge in [0.25, 0.3) is 0 Å². The van der Waals surface area contributed by atoms with Crippen LogP contribution in [-0.4, -0.2) is 16.1 Å². The molecule has 0 amide bonds. The second kappa shape index (κ2) is 5.09. The molecule has 0 radical (unpaired) electrons. The predicted octanol–water partition coefficient (Wildman–Crippen LogP) is 1.87. The summed E-state index contributed by atoms with van der Waals surface area (Å²) in [6, 6.07) is 9.63. The van der Waals surface area contributed by atoms with Gasteiger partial charge in [0.2, 0.25) is 5.89 Å². The monoisotopic (exact) mass is 257 g/mol. The molecule has 0 aliphatic heterocycles. The van der Waals surface area contributed by atoms with E-state index >= 15 is 0 Å². The molecule has 2 aromatic rings. The third kappa shape index (κ3) is 3.09. The van der Waals surface area contributed by atoms with Gasteiger partial charge in [0, 0.05) is 11.6 Å². The Labute approximate surface area is 110 Å². The van der Waals surface area contributed by atoms with Gasteiger partial charge in [-0.15, -0.1) is 0 Å². The molecule has 3 rings (SSSR count). The Morgan fingerprint density at radius 2 is 2.16 bits per heavy atom. The second-order valence-electron chi connectivity index (χ2n) is 4.52. The molecule has 19 heavy (non-hydrogen) atoms. The largest absolute Gasteiger partial charge is 0.370 e. The molecule has 6 nitrogen and oxygen atoms in total. The average molecular weight is 257 g/mol. The van der Waals surface area contributed by atoms with Crippen LogP contribution in [0.2, 0.25) is 0 Å². The smallest absolute Gasteiger partial charge is 0.229 e. The molecule has 1 aromatic heterocycles. The summed E-state index contributed by atoms with van der Waals surface area (Å²) < 4.78 is 5.15. The van der Waals surface area contributed by atoms with Crippen molar-refractivity contribution >= 4 is 11.6 Å². The number of nitrogens with two attached hydrogens (primary N) is 1. The molecule has 6 heteroatoms. The molecule has 0 bridgehead atoms. The quantitative estimate of drug-likeness (QED) is 0.644. The van der Waals surface area contributed by atoms with Gasteiger partial charge in [-0.2, -0.15) is 4.98 Å². The average Bonchev–Trinajstić information content (AvgIpc) is 3.17. The lowest BCUT2D eigenvalue weighted by molar-refractivity contribution is 0.374. The van der Waals surface area contributed by atoms with E-state index < -0.39 is 0 Å². The van der Waals surface area contributed by atoms with Crippen molar-refractivity contribution in [2.24, 2.45) is 10.7 Å². The molecular formula is C13H15N5O. The highest BCUT2D eigenvalue weighted by molar-refractivity contribution is 5.92. The number of hydrogen-bond donors (Lipinski definition) is 2. The van der Waals surface area contributed by atoms with Crippen LogP contribution >= 0.6 is 0 Å². The van der Waals surface area contributed by atoms with Gasteiger partial charge in [0.1, 0.15) is 6.54 Å². The zero-order chi connectivity index (χ0) is 13.1. The Morgan fingerprint density at radius 1 is 1.37 bits per heavy atom. The summed E-state index contributed by atoms with van der Waals surface area (Å²) in [7, 11) is 0. The second-order valence-corrected chi connectivity index (χ2v) is 4.52. The summed E-state index contributed by atoms with van der Waals surface area (Å²) in [5.41, 5.74) is 6.68. The van der Waals surface area contributed by atoms with Crippen LogP contribution in [0, 0.1) is 0 Å². The van der Waals surface area contributed by atoms with Gasteiger partial charge in [-0.3, -0.25) is 0 Å². The van der Waals surface area contributed by atoms with Gasteiger partial charge < -0.3 is 15.6 Å². The number of aromatic nitrogens is 2. The lowest BCUT2D eigenvalue weighted by Gasteiger charge is -2.03. The molecule has 3 N–H and O–H groups in total. The SMILES string of the molecule is NC(=NCc1noc(C2CC2)n1)Nc1ccccc1. The summed E-state index contributed by atoms with van der Waals surface area (Å²) in [5, 5.41) is 6.88. The first-order chi connectivity index (χ1) is 9.31. The van der Waals surface area contributed by atoms with E-state index in [0.29, 0.717) is 24.2 Å². The highest BCUT2D eigenvalue weighted by Gasteiger charge is 2.29. The molecule has 0 unspecified atom stereocenters. The van der Waals surface area contributed by atoms with Crippen LogP contribution in [0.4, 0.5) is 5.69 Å². The highest BCUT2D eigenvalue weighted by Crippen LogP contribution is 2.38. The van der Waals surface area contributed by atoms with E-state index in [9.17, 15) is 0 Å². The van der Waals surface area contributed by atoms with Gasteiger partial charge in [0.15, 0.2) is 11.8 Å². The van der Waals surface area contributed by atoms with Gasteiger partial charge in [-0.05, 0) is 25.0 Å². The normalized spacial score (nSPS) is 15.5. The zero-order valence-electron chi connectivity index (χ0n) is 10.4. The van der Waals surface area contributed by atoms with Crippen molar-refractivity contribution in [2.45, 2.75) is 25.3 Å². The van der Waals surface area contributed by atoms with Crippen molar-refractivity contribution in [1.82, 2.24) is 10.1 Å². The molecule has 98 valence electrons. The number of guanidine groups is 1. The molecule has 1 heterocycles. The zero-order valence-corrected chi connectivity index (χ0v) is 10.4. The fourth-order valence-corrected chi connectivity index (χ4v) is 1.69. The Balaban J connectivity index is 1.58. The number of aliphatic imine (C=N–C) groups is 1. The van der Waals surface area contributed by atoms with Gasteiger partial charge >= 0.3 is 0 Å². The maximum atomic E-state index is 5.79. The molecule has 1 aliphatic rings. The first kappa shape index (κ1) is 11.7. The van der Waals surface area contributed by atoms with Crippen molar-refractivity contribution in [1.29, 1.82) is 0 Å². The Morgan fingerprint density at radius 3 is 2.89 bits per heavy atom. The summed E-state index contributed by atoms with van der Waals surface area (Å²) >= 11 is 0. The summed E-state index contributed by atoms with van der Waals surface area (Å²) in [5.74, 6) is 2.09. The number of para-hydroxylation sites is 1. The Hall–Kier alpha value is -2.37. The van der Waals surface area contributed by atoms with Crippen LogP contribution < -0.4 is 11.1 Å². The standard InChI is InChI=1S/C13H15N5O/c14-13(16-10-4-2-1-3-5-10)15-8-11-17-12(19-18-11)9-6-7-9/h1-5,9H,6-8H2,(H3,14,15,16). The number of nitrogens with zero attached hydrogens (tertiary/aromatic N) is 3. The van der Waals surface area contributed by atoms with E-state index in [1.165, 1.54) is 0 Å². The van der Waals surface area contributed by atoms with Crippen molar-refractivity contribution in [2.75, 3.05) is 5.32 Å². The van der Waals surface area contributed by atoms with Gasteiger partial charge in [-0.25, -0.2) is 4.99 Å². The number of rotatable bonds is 4. The van der Waals surface area contributed by atoms with Crippen LogP contribution in [-0.2, 0) is 6.54 Å². The summed E-state index contributed by atoms with van der Waals surface area (Å²) in [4.78, 5) is 8.46. The number of nitrogens with one attached hydrogen (secondary N) is 1.